The minimum atomic E-state index is -0.255. The van der Waals surface area contributed by atoms with Gasteiger partial charge in [0.05, 0.1) is 18.7 Å². The molecule has 0 saturated carbocycles. The molecule has 0 aliphatic carbocycles. The maximum Gasteiger partial charge on any atom is 0.311 e. The second kappa shape index (κ2) is 8.64. The van der Waals surface area contributed by atoms with Gasteiger partial charge in [-0.3, -0.25) is 9.36 Å². The number of hydrogen-bond donors (Lipinski definition) is 1. The molecule has 6 heteroatoms. The summed E-state index contributed by atoms with van der Waals surface area (Å²) in [5, 5.41) is 0. The topological polar surface area (TPSA) is 47.0 Å². The average Bonchev–Trinajstić information content (AvgIpc) is 2.92. The summed E-state index contributed by atoms with van der Waals surface area (Å²) in [5.41, 5.74) is 3.88. The van der Waals surface area contributed by atoms with Gasteiger partial charge in [0.15, 0.2) is 4.77 Å². The smallest absolute Gasteiger partial charge is 0.311 e. The number of H-pyrrole nitrogens is 1. The molecular formula is C20H19IN2O2S. The highest BCUT2D eigenvalue weighted by atomic mass is 127. The van der Waals surface area contributed by atoms with Gasteiger partial charge in [-0.1, -0.05) is 30.3 Å². The summed E-state index contributed by atoms with van der Waals surface area (Å²) in [7, 11) is 0. The predicted molar refractivity (Wildman–Crippen MR) is 113 cm³/mol. The van der Waals surface area contributed by atoms with Gasteiger partial charge < -0.3 is 9.72 Å². The number of carbonyl (C=O) groups excluding carboxylic acids is 1. The van der Waals surface area contributed by atoms with E-state index in [1.807, 2.05) is 54.0 Å². The third-order valence-corrected chi connectivity index (χ3v) is 5.01. The number of imidazole rings is 1. The third kappa shape index (κ3) is 4.42. The van der Waals surface area contributed by atoms with E-state index in [4.69, 9.17) is 17.0 Å². The number of benzene rings is 2. The van der Waals surface area contributed by atoms with E-state index in [-0.39, 0.29) is 12.4 Å². The highest BCUT2D eigenvalue weighted by molar-refractivity contribution is 14.1. The van der Waals surface area contributed by atoms with Crippen molar-refractivity contribution < 1.29 is 9.53 Å². The van der Waals surface area contributed by atoms with Crippen molar-refractivity contribution in [3.05, 3.63) is 79.9 Å². The highest BCUT2D eigenvalue weighted by Crippen LogP contribution is 2.21. The van der Waals surface area contributed by atoms with E-state index in [2.05, 4.69) is 39.7 Å². The third-order valence-electron chi connectivity index (χ3n) is 4.00. The van der Waals surface area contributed by atoms with Crippen LogP contribution in [0, 0.1) is 8.34 Å². The molecule has 2 aromatic carbocycles. The Hall–Kier alpha value is -1.93. The molecule has 26 heavy (non-hydrogen) atoms. The van der Waals surface area contributed by atoms with E-state index in [1.165, 1.54) is 0 Å². The molecular weight excluding hydrogens is 459 g/mol. The second-order valence-corrected chi connectivity index (χ2v) is 7.44. The lowest BCUT2D eigenvalue weighted by Gasteiger charge is -2.11. The maximum atomic E-state index is 12.2. The molecule has 0 fully saturated rings. The minimum absolute atomic E-state index is 0.176. The Balaban J connectivity index is 2.06. The fourth-order valence-electron chi connectivity index (χ4n) is 2.86. The first-order valence-electron chi connectivity index (χ1n) is 8.36. The number of hydrogen-bond acceptors (Lipinski definition) is 3. The molecule has 1 N–H and O–H groups in total. The highest BCUT2D eigenvalue weighted by Gasteiger charge is 2.18. The molecule has 3 rings (SSSR count). The van der Waals surface area contributed by atoms with E-state index in [9.17, 15) is 4.79 Å². The van der Waals surface area contributed by atoms with Gasteiger partial charge in [-0.05, 0) is 71.6 Å². The zero-order valence-corrected chi connectivity index (χ0v) is 17.3. The fourth-order valence-corrected chi connectivity index (χ4v) is 3.56. The second-order valence-electron chi connectivity index (χ2n) is 5.81. The number of carbonyl (C=O) groups is 1. The van der Waals surface area contributed by atoms with Crippen molar-refractivity contribution in [1.82, 2.24) is 9.55 Å². The molecule has 0 spiro atoms. The Morgan fingerprint density at radius 3 is 2.50 bits per heavy atom. The van der Waals surface area contributed by atoms with E-state index in [0.717, 1.165) is 26.2 Å². The number of aromatic nitrogens is 2. The molecule has 0 saturated heterocycles. The summed E-state index contributed by atoms with van der Waals surface area (Å²) < 4.78 is 8.82. The summed E-state index contributed by atoms with van der Waals surface area (Å²) >= 11 is 7.83. The van der Waals surface area contributed by atoms with Crippen molar-refractivity contribution in [3.63, 3.8) is 0 Å². The first kappa shape index (κ1) is 18.8. The zero-order chi connectivity index (χ0) is 18.5. The average molecular weight is 478 g/mol. The molecule has 0 amide bonds. The lowest BCUT2D eigenvalue weighted by molar-refractivity contribution is -0.142. The molecule has 1 heterocycles. The van der Waals surface area contributed by atoms with E-state index in [1.54, 1.807) is 0 Å². The fraction of sp³-hybridized carbons (Fsp3) is 0.200. The van der Waals surface area contributed by atoms with Crippen molar-refractivity contribution >= 4 is 40.8 Å². The number of aromatic amines is 1. The van der Waals surface area contributed by atoms with Gasteiger partial charge in [0, 0.05) is 21.4 Å². The van der Waals surface area contributed by atoms with Crippen LogP contribution >= 0.6 is 34.8 Å². The molecule has 4 nitrogen and oxygen atoms in total. The van der Waals surface area contributed by atoms with Crippen molar-refractivity contribution in [2.24, 2.45) is 0 Å². The Bertz CT molecular complexity index is 946. The lowest BCUT2D eigenvalue weighted by Crippen LogP contribution is -2.13. The van der Waals surface area contributed by atoms with Crippen molar-refractivity contribution in [3.8, 4) is 5.69 Å². The molecule has 0 radical (unpaired) electrons. The van der Waals surface area contributed by atoms with Gasteiger partial charge >= 0.3 is 5.97 Å². The number of halogens is 1. The summed E-state index contributed by atoms with van der Waals surface area (Å²) in [5.74, 6) is -0.255. The summed E-state index contributed by atoms with van der Waals surface area (Å²) in [4.78, 5) is 15.5. The molecule has 0 aliphatic rings. The van der Waals surface area contributed by atoms with Crippen molar-refractivity contribution in [1.29, 1.82) is 0 Å². The largest absolute Gasteiger partial charge is 0.466 e. The normalized spacial score (nSPS) is 10.7. The van der Waals surface area contributed by atoms with Gasteiger partial charge in [-0.2, -0.15) is 0 Å². The molecule has 1 aromatic heterocycles. The van der Waals surface area contributed by atoms with Crippen molar-refractivity contribution in [2.75, 3.05) is 6.61 Å². The Morgan fingerprint density at radius 1 is 1.15 bits per heavy atom. The number of rotatable bonds is 6. The van der Waals surface area contributed by atoms with Crippen LogP contribution in [-0.4, -0.2) is 22.1 Å². The monoisotopic (exact) mass is 478 g/mol. The Kier molecular flexibility index (Phi) is 6.26. The van der Waals surface area contributed by atoms with Crippen LogP contribution in [0.5, 0.6) is 0 Å². The SMILES string of the molecule is CCOC(=O)Cc1c(Cc2ccccc2)[nH]c(=S)n1-c1ccc(I)cc1. The van der Waals surface area contributed by atoms with Gasteiger partial charge in [-0.25, -0.2) is 0 Å². The Morgan fingerprint density at radius 2 is 1.85 bits per heavy atom. The van der Waals surface area contributed by atoms with Crippen LogP contribution in [0.3, 0.4) is 0 Å². The van der Waals surface area contributed by atoms with Crippen LogP contribution in [-0.2, 0) is 22.4 Å². The predicted octanol–water partition coefficient (Wildman–Crippen LogP) is 4.84. The molecule has 134 valence electrons. The van der Waals surface area contributed by atoms with Crippen LogP contribution in [0.25, 0.3) is 5.69 Å². The molecule has 0 aliphatic heterocycles. The molecule has 0 atom stereocenters. The lowest BCUT2D eigenvalue weighted by atomic mass is 10.1. The first-order valence-corrected chi connectivity index (χ1v) is 9.85. The van der Waals surface area contributed by atoms with Crippen LogP contribution < -0.4 is 0 Å². The van der Waals surface area contributed by atoms with Crippen LogP contribution in [0.15, 0.2) is 54.6 Å². The van der Waals surface area contributed by atoms with E-state index in [0.29, 0.717) is 17.8 Å². The number of ether oxygens (including phenoxy) is 1. The van der Waals surface area contributed by atoms with E-state index >= 15 is 0 Å². The Labute approximate surface area is 171 Å². The quantitative estimate of drug-likeness (QED) is 0.314. The van der Waals surface area contributed by atoms with E-state index < -0.39 is 0 Å². The zero-order valence-electron chi connectivity index (χ0n) is 14.4. The van der Waals surface area contributed by atoms with Gasteiger partial charge in [0.25, 0.3) is 0 Å². The van der Waals surface area contributed by atoms with Crippen molar-refractivity contribution in [2.45, 2.75) is 19.8 Å². The summed E-state index contributed by atoms with van der Waals surface area (Å²) in [6.45, 7) is 2.17. The van der Waals surface area contributed by atoms with Gasteiger partial charge in [0.1, 0.15) is 0 Å². The molecule has 0 bridgehead atoms. The van der Waals surface area contributed by atoms with Crippen LogP contribution in [0.4, 0.5) is 0 Å². The van der Waals surface area contributed by atoms with Gasteiger partial charge in [0.2, 0.25) is 0 Å². The molecule has 0 unspecified atom stereocenters. The summed E-state index contributed by atoms with van der Waals surface area (Å²) in [6, 6.07) is 18.2. The maximum absolute atomic E-state index is 12.2. The number of nitrogens with one attached hydrogen (secondary N) is 1. The number of nitrogens with zero attached hydrogens (tertiary/aromatic N) is 1. The standard InChI is InChI=1S/C20H19IN2O2S/c1-2-25-19(24)13-18-17(12-14-6-4-3-5-7-14)22-20(26)23(18)16-10-8-15(21)9-11-16/h3-11H,2,12-13H2,1H3,(H,22,26). The summed E-state index contributed by atoms with van der Waals surface area (Å²) in [6.07, 6.45) is 0.853. The van der Waals surface area contributed by atoms with Crippen LogP contribution in [0.2, 0.25) is 0 Å². The first-order chi connectivity index (χ1) is 12.6. The van der Waals surface area contributed by atoms with Crippen LogP contribution in [0.1, 0.15) is 23.9 Å². The minimum Gasteiger partial charge on any atom is -0.466 e. The molecule has 3 aromatic rings. The van der Waals surface area contributed by atoms with Gasteiger partial charge in [-0.15, -0.1) is 0 Å². The number of esters is 1.